The van der Waals surface area contributed by atoms with E-state index in [0.717, 1.165) is 0 Å². The molecule has 3 heteroatoms. The van der Waals surface area contributed by atoms with Crippen LogP contribution in [0.25, 0.3) is 0 Å². The Balaban J connectivity index is 4.22. The number of carbonyl (C=O) groups is 1. The van der Waals surface area contributed by atoms with Gasteiger partial charge in [0.1, 0.15) is 0 Å². The molecule has 1 amide bonds. The molecule has 86 valence electrons. The van der Waals surface area contributed by atoms with Crippen LogP contribution in [0.5, 0.6) is 0 Å². The summed E-state index contributed by atoms with van der Waals surface area (Å²) >= 11 is 0. The van der Waals surface area contributed by atoms with E-state index in [-0.39, 0.29) is 11.3 Å². The number of amides is 1. The van der Waals surface area contributed by atoms with Crippen LogP contribution < -0.4 is 5.73 Å². The maximum absolute atomic E-state index is 11.6. The molecule has 0 unspecified atom stereocenters. The SMILES string of the molecule is CC=CC=CC(=O)N(C)CC(C)(C)CN. The van der Waals surface area contributed by atoms with Crippen molar-refractivity contribution in [2.75, 3.05) is 20.1 Å². The van der Waals surface area contributed by atoms with E-state index >= 15 is 0 Å². The highest BCUT2D eigenvalue weighted by Crippen LogP contribution is 2.13. The van der Waals surface area contributed by atoms with Gasteiger partial charge in [-0.1, -0.05) is 32.1 Å². The van der Waals surface area contributed by atoms with Crippen molar-refractivity contribution in [3.63, 3.8) is 0 Å². The van der Waals surface area contributed by atoms with E-state index in [1.807, 2.05) is 32.9 Å². The first kappa shape index (κ1) is 13.9. The third kappa shape index (κ3) is 6.07. The maximum atomic E-state index is 11.6. The van der Waals surface area contributed by atoms with Crippen molar-refractivity contribution in [2.45, 2.75) is 20.8 Å². The molecular formula is C12H22N2O. The van der Waals surface area contributed by atoms with Crippen LogP contribution in [0, 0.1) is 5.41 Å². The van der Waals surface area contributed by atoms with Gasteiger partial charge in [-0.05, 0) is 18.9 Å². The summed E-state index contributed by atoms with van der Waals surface area (Å²) in [6.45, 7) is 7.25. The van der Waals surface area contributed by atoms with E-state index in [9.17, 15) is 4.79 Å². The minimum atomic E-state index is -0.0289. The molecule has 3 nitrogen and oxygen atoms in total. The number of likely N-dealkylation sites (N-methyl/N-ethyl adjacent to an activating group) is 1. The van der Waals surface area contributed by atoms with E-state index in [1.54, 1.807) is 24.1 Å². The van der Waals surface area contributed by atoms with Crippen molar-refractivity contribution in [3.8, 4) is 0 Å². The Morgan fingerprint density at radius 2 is 2.00 bits per heavy atom. The average Bonchev–Trinajstić information content (AvgIpc) is 2.17. The molecule has 0 saturated heterocycles. The Morgan fingerprint density at radius 1 is 1.40 bits per heavy atom. The second kappa shape index (κ2) is 6.40. The Hall–Kier alpha value is -1.09. The van der Waals surface area contributed by atoms with Crippen molar-refractivity contribution in [1.29, 1.82) is 0 Å². The first-order valence-electron chi connectivity index (χ1n) is 5.17. The highest BCUT2D eigenvalue weighted by Gasteiger charge is 2.19. The van der Waals surface area contributed by atoms with Gasteiger partial charge in [-0.25, -0.2) is 0 Å². The average molecular weight is 210 g/mol. The zero-order chi connectivity index (χ0) is 11.9. The highest BCUT2D eigenvalue weighted by molar-refractivity contribution is 5.87. The van der Waals surface area contributed by atoms with Crippen molar-refractivity contribution >= 4 is 5.91 Å². The van der Waals surface area contributed by atoms with Crippen molar-refractivity contribution in [2.24, 2.45) is 11.1 Å². The maximum Gasteiger partial charge on any atom is 0.246 e. The van der Waals surface area contributed by atoms with E-state index in [4.69, 9.17) is 5.73 Å². The van der Waals surface area contributed by atoms with E-state index in [1.165, 1.54) is 0 Å². The lowest BCUT2D eigenvalue weighted by Gasteiger charge is -2.28. The fourth-order valence-electron chi connectivity index (χ4n) is 1.16. The first-order chi connectivity index (χ1) is 6.93. The van der Waals surface area contributed by atoms with Gasteiger partial charge >= 0.3 is 0 Å². The summed E-state index contributed by atoms with van der Waals surface area (Å²) in [5.74, 6) is 0.00891. The first-order valence-corrected chi connectivity index (χ1v) is 5.17. The number of nitrogens with two attached hydrogens (primary N) is 1. The summed E-state index contributed by atoms with van der Waals surface area (Å²) in [6, 6.07) is 0. The molecule has 0 radical (unpaired) electrons. The molecule has 0 fully saturated rings. The minimum absolute atomic E-state index is 0.00891. The van der Waals surface area contributed by atoms with E-state index < -0.39 is 0 Å². The molecule has 0 aliphatic carbocycles. The number of hydrogen-bond donors (Lipinski definition) is 1. The molecule has 0 saturated carbocycles. The smallest absolute Gasteiger partial charge is 0.246 e. The van der Waals surface area contributed by atoms with Crippen LogP contribution >= 0.6 is 0 Å². The quantitative estimate of drug-likeness (QED) is 0.553. The number of nitrogens with zero attached hydrogens (tertiary/aromatic N) is 1. The number of hydrogen-bond acceptors (Lipinski definition) is 2. The largest absolute Gasteiger partial charge is 0.342 e. The Kier molecular flexibility index (Phi) is 5.94. The number of allylic oxidation sites excluding steroid dienone is 3. The van der Waals surface area contributed by atoms with Gasteiger partial charge < -0.3 is 10.6 Å². The predicted molar refractivity (Wildman–Crippen MR) is 64.4 cm³/mol. The topological polar surface area (TPSA) is 46.3 Å². The summed E-state index contributed by atoms with van der Waals surface area (Å²) in [5.41, 5.74) is 5.58. The zero-order valence-corrected chi connectivity index (χ0v) is 10.2. The van der Waals surface area contributed by atoms with Crippen LogP contribution in [0.4, 0.5) is 0 Å². The molecule has 0 atom stereocenters. The second-order valence-electron chi connectivity index (χ2n) is 4.45. The third-order valence-corrected chi connectivity index (χ3v) is 2.14. The molecule has 0 aliphatic rings. The van der Waals surface area contributed by atoms with Gasteiger partial charge in [0.15, 0.2) is 0 Å². The van der Waals surface area contributed by atoms with Crippen LogP contribution in [-0.4, -0.2) is 30.9 Å². The lowest BCUT2D eigenvalue weighted by Crippen LogP contribution is -2.39. The van der Waals surface area contributed by atoms with Crippen LogP contribution in [0.15, 0.2) is 24.3 Å². The Labute approximate surface area is 92.6 Å². The summed E-state index contributed by atoms with van der Waals surface area (Å²) in [4.78, 5) is 13.3. The molecule has 0 aliphatic heterocycles. The highest BCUT2D eigenvalue weighted by atomic mass is 16.2. The normalized spacial score (nSPS) is 12.6. The predicted octanol–water partition coefficient (Wildman–Crippen LogP) is 1.56. The fraction of sp³-hybridized carbons (Fsp3) is 0.583. The summed E-state index contributed by atoms with van der Waals surface area (Å²) in [6.07, 6.45) is 7.02. The zero-order valence-electron chi connectivity index (χ0n) is 10.2. The molecule has 0 aromatic heterocycles. The molecule has 0 spiro atoms. The lowest BCUT2D eigenvalue weighted by atomic mass is 9.93. The second-order valence-corrected chi connectivity index (χ2v) is 4.45. The molecular weight excluding hydrogens is 188 g/mol. The van der Waals surface area contributed by atoms with Crippen LogP contribution in [0.2, 0.25) is 0 Å². The summed E-state index contributed by atoms with van der Waals surface area (Å²) in [7, 11) is 1.79. The molecule has 15 heavy (non-hydrogen) atoms. The monoisotopic (exact) mass is 210 g/mol. The summed E-state index contributed by atoms with van der Waals surface area (Å²) < 4.78 is 0. The molecule has 0 aromatic rings. The van der Waals surface area contributed by atoms with Gasteiger partial charge in [-0.15, -0.1) is 0 Å². The minimum Gasteiger partial charge on any atom is -0.342 e. The molecule has 0 aromatic carbocycles. The van der Waals surface area contributed by atoms with Gasteiger partial charge in [-0.3, -0.25) is 4.79 Å². The van der Waals surface area contributed by atoms with Crippen molar-refractivity contribution < 1.29 is 4.79 Å². The number of carbonyl (C=O) groups excluding carboxylic acids is 1. The van der Waals surface area contributed by atoms with Gasteiger partial charge in [0, 0.05) is 19.7 Å². The van der Waals surface area contributed by atoms with Crippen molar-refractivity contribution in [1.82, 2.24) is 4.90 Å². The molecule has 0 bridgehead atoms. The van der Waals surface area contributed by atoms with Crippen LogP contribution in [0.1, 0.15) is 20.8 Å². The Morgan fingerprint density at radius 3 is 2.47 bits per heavy atom. The molecule has 2 N–H and O–H groups in total. The van der Waals surface area contributed by atoms with Crippen LogP contribution in [-0.2, 0) is 4.79 Å². The van der Waals surface area contributed by atoms with Crippen molar-refractivity contribution in [3.05, 3.63) is 24.3 Å². The van der Waals surface area contributed by atoms with E-state index in [0.29, 0.717) is 13.1 Å². The fourth-order valence-corrected chi connectivity index (χ4v) is 1.16. The van der Waals surface area contributed by atoms with Gasteiger partial charge in [0.25, 0.3) is 0 Å². The van der Waals surface area contributed by atoms with Gasteiger partial charge in [0.2, 0.25) is 5.91 Å². The number of rotatable bonds is 5. The lowest BCUT2D eigenvalue weighted by molar-refractivity contribution is -0.125. The Bertz CT molecular complexity index is 254. The van der Waals surface area contributed by atoms with Crippen LogP contribution in [0.3, 0.4) is 0 Å². The molecule has 0 heterocycles. The standard InChI is InChI=1S/C12H22N2O/c1-5-6-7-8-11(15)14(4)10-12(2,3)9-13/h5-8H,9-10,13H2,1-4H3. The van der Waals surface area contributed by atoms with E-state index in [2.05, 4.69) is 0 Å². The molecule has 0 rings (SSSR count). The summed E-state index contributed by atoms with van der Waals surface area (Å²) in [5, 5.41) is 0. The van der Waals surface area contributed by atoms with Gasteiger partial charge in [0.05, 0.1) is 0 Å². The van der Waals surface area contributed by atoms with Gasteiger partial charge in [-0.2, -0.15) is 0 Å². The third-order valence-electron chi connectivity index (χ3n) is 2.14.